The maximum absolute atomic E-state index is 6.43. The van der Waals surface area contributed by atoms with Crippen molar-refractivity contribution in [2.45, 2.75) is 25.3 Å². The minimum atomic E-state index is 0.178. The molecule has 18 heavy (non-hydrogen) atoms. The van der Waals surface area contributed by atoms with Gasteiger partial charge in [0.25, 0.3) is 0 Å². The molecule has 1 heterocycles. The van der Waals surface area contributed by atoms with Crippen LogP contribution in [0.15, 0.2) is 40.2 Å². The second kappa shape index (κ2) is 4.80. The first-order valence-corrected chi connectivity index (χ1v) is 7.84. The fourth-order valence-corrected chi connectivity index (χ4v) is 4.48. The molecule has 3 unspecified atom stereocenters. The average molecular weight is 322 g/mol. The van der Waals surface area contributed by atoms with Gasteiger partial charge in [0.15, 0.2) is 0 Å². The Morgan fingerprint density at radius 2 is 2.06 bits per heavy atom. The van der Waals surface area contributed by atoms with Gasteiger partial charge in [0.1, 0.15) is 0 Å². The molecule has 94 valence electrons. The fourth-order valence-electron chi connectivity index (χ4n) is 2.72. The van der Waals surface area contributed by atoms with Crippen LogP contribution in [0.4, 0.5) is 0 Å². The van der Waals surface area contributed by atoms with Gasteiger partial charge >= 0.3 is 0 Å². The van der Waals surface area contributed by atoms with Gasteiger partial charge in [-0.15, -0.1) is 11.3 Å². The lowest BCUT2D eigenvalue weighted by Crippen LogP contribution is -2.13. The molecule has 1 nitrogen and oxygen atoms in total. The Balaban J connectivity index is 1.77. The predicted molar refractivity (Wildman–Crippen MR) is 81.0 cm³/mol. The van der Waals surface area contributed by atoms with Crippen molar-refractivity contribution in [3.8, 4) is 0 Å². The molecule has 3 heteroatoms. The molecule has 0 spiro atoms. The molecule has 0 bridgehead atoms. The summed E-state index contributed by atoms with van der Waals surface area (Å²) < 4.78 is 1.18. The van der Waals surface area contributed by atoms with Crippen LogP contribution in [0.1, 0.15) is 34.4 Å². The maximum atomic E-state index is 6.43. The van der Waals surface area contributed by atoms with Gasteiger partial charge in [0, 0.05) is 10.9 Å². The summed E-state index contributed by atoms with van der Waals surface area (Å²) in [5.41, 5.74) is 9.18. The fraction of sp³-hybridized carbons (Fsp3) is 0.333. The highest BCUT2D eigenvalue weighted by Crippen LogP contribution is 2.54. The minimum absolute atomic E-state index is 0.178. The molecule has 0 saturated heterocycles. The first-order chi connectivity index (χ1) is 8.66. The van der Waals surface area contributed by atoms with E-state index >= 15 is 0 Å². The molecule has 3 atom stereocenters. The lowest BCUT2D eigenvalue weighted by Gasteiger charge is -2.11. The number of nitrogens with two attached hydrogens (primary N) is 1. The summed E-state index contributed by atoms with van der Waals surface area (Å²) in [7, 11) is 0. The second-order valence-electron chi connectivity index (χ2n) is 5.00. The highest BCUT2D eigenvalue weighted by Gasteiger charge is 2.43. The summed E-state index contributed by atoms with van der Waals surface area (Å²) in [6, 6.07) is 13.1. The lowest BCUT2D eigenvalue weighted by molar-refractivity contribution is 0.615. The number of thiophene rings is 1. The smallest absolute Gasteiger partial charge is 0.0704 e. The van der Waals surface area contributed by atoms with Gasteiger partial charge in [-0.2, -0.15) is 0 Å². The summed E-state index contributed by atoms with van der Waals surface area (Å²) in [5, 5.41) is 0. The lowest BCUT2D eigenvalue weighted by atomic mass is 10.0. The molecule has 2 aromatic rings. The number of hydrogen-bond acceptors (Lipinski definition) is 2. The van der Waals surface area contributed by atoms with Crippen molar-refractivity contribution in [3.63, 3.8) is 0 Å². The van der Waals surface area contributed by atoms with E-state index in [2.05, 4.69) is 59.3 Å². The number of halogens is 1. The first-order valence-electron chi connectivity index (χ1n) is 6.23. The van der Waals surface area contributed by atoms with Crippen LogP contribution in [0.2, 0.25) is 0 Å². The summed E-state index contributed by atoms with van der Waals surface area (Å²) in [4.78, 5) is 1.34. The molecule has 1 aromatic carbocycles. The third-order valence-electron chi connectivity index (χ3n) is 3.81. The molecule has 1 aliphatic rings. The molecule has 2 N–H and O–H groups in total. The van der Waals surface area contributed by atoms with Crippen LogP contribution in [-0.2, 0) is 0 Å². The highest BCUT2D eigenvalue weighted by molar-refractivity contribution is 9.11. The van der Waals surface area contributed by atoms with Crippen molar-refractivity contribution in [1.82, 2.24) is 0 Å². The van der Waals surface area contributed by atoms with Gasteiger partial charge in [-0.05, 0) is 58.3 Å². The van der Waals surface area contributed by atoms with E-state index < -0.39 is 0 Å². The van der Waals surface area contributed by atoms with E-state index in [-0.39, 0.29) is 6.04 Å². The molecular weight excluding hydrogens is 306 g/mol. The van der Waals surface area contributed by atoms with E-state index in [0.29, 0.717) is 11.8 Å². The molecule has 0 radical (unpaired) electrons. The molecule has 0 aliphatic heterocycles. The Morgan fingerprint density at radius 3 is 2.67 bits per heavy atom. The third kappa shape index (κ3) is 2.27. The second-order valence-corrected chi connectivity index (χ2v) is 7.64. The van der Waals surface area contributed by atoms with Gasteiger partial charge in [-0.25, -0.2) is 0 Å². The SMILES string of the molecule is Cc1sc(Br)cc1C(N)C1CC1c1ccccc1. The van der Waals surface area contributed by atoms with Crippen LogP contribution < -0.4 is 5.73 Å². The van der Waals surface area contributed by atoms with Crippen LogP contribution in [-0.4, -0.2) is 0 Å². The van der Waals surface area contributed by atoms with E-state index in [1.165, 1.54) is 26.2 Å². The molecule has 1 fully saturated rings. The number of rotatable bonds is 3. The van der Waals surface area contributed by atoms with Crippen LogP contribution >= 0.6 is 27.3 Å². The largest absolute Gasteiger partial charge is 0.324 e. The van der Waals surface area contributed by atoms with Crippen molar-refractivity contribution in [1.29, 1.82) is 0 Å². The molecular formula is C15H16BrNS. The van der Waals surface area contributed by atoms with E-state index in [1.54, 1.807) is 11.3 Å². The Kier molecular flexibility index (Phi) is 3.31. The maximum Gasteiger partial charge on any atom is 0.0704 e. The Labute approximate surface area is 120 Å². The van der Waals surface area contributed by atoms with Crippen molar-refractivity contribution >= 4 is 27.3 Å². The van der Waals surface area contributed by atoms with Crippen molar-refractivity contribution in [2.75, 3.05) is 0 Å². The van der Waals surface area contributed by atoms with Crippen LogP contribution in [0.3, 0.4) is 0 Å². The van der Waals surface area contributed by atoms with Crippen molar-refractivity contribution in [3.05, 3.63) is 56.2 Å². The van der Waals surface area contributed by atoms with E-state index in [9.17, 15) is 0 Å². The number of hydrogen-bond donors (Lipinski definition) is 1. The molecule has 1 aromatic heterocycles. The zero-order valence-corrected chi connectivity index (χ0v) is 12.7. The Hall–Kier alpha value is -0.640. The van der Waals surface area contributed by atoms with Gasteiger partial charge < -0.3 is 5.73 Å². The molecule has 1 saturated carbocycles. The van der Waals surface area contributed by atoms with Crippen LogP contribution in [0.5, 0.6) is 0 Å². The van der Waals surface area contributed by atoms with Gasteiger partial charge in [-0.3, -0.25) is 0 Å². The van der Waals surface area contributed by atoms with Gasteiger partial charge in [-0.1, -0.05) is 30.3 Å². The van der Waals surface area contributed by atoms with Gasteiger partial charge in [0.05, 0.1) is 3.79 Å². The average Bonchev–Trinajstić information content (AvgIpc) is 3.10. The number of aryl methyl sites for hydroxylation is 1. The summed E-state index contributed by atoms with van der Waals surface area (Å²) >= 11 is 5.32. The summed E-state index contributed by atoms with van der Waals surface area (Å²) in [5.74, 6) is 1.26. The van der Waals surface area contributed by atoms with Gasteiger partial charge in [0.2, 0.25) is 0 Å². The standard InChI is InChI=1S/C15H16BrNS/c1-9-11(8-14(16)18-9)15(17)13-7-12(13)10-5-3-2-4-6-10/h2-6,8,12-13,15H,7,17H2,1H3. The highest BCUT2D eigenvalue weighted by atomic mass is 79.9. The van der Waals surface area contributed by atoms with Crippen molar-refractivity contribution in [2.24, 2.45) is 11.7 Å². The first kappa shape index (κ1) is 12.4. The number of benzene rings is 1. The third-order valence-corrected chi connectivity index (χ3v) is 5.38. The monoisotopic (exact) mass is 321 g/mol. The summed E-state index contributed by atoms with van der Waals surface area (Å²) in [6.45, 7) is 2.16. The van der Waals surface area contributed by atoms with E-state index in [0.717, 1.165) is 0 Å². The summed E-state index contributed by atoms with van der Waals surface area (Å²) in [6.07, 6.45) is 1.22. The normalized spacial score (nSPS) is 23.9. The molecule has 3 rings (SSSR count). The quantitative estimate of drug-likeness (QED) is 0.876. The minimum Gasteiger partial charge on any atom is -0.324 e. The topological polar surface area (TPSA) is 26.0 Å². The van der Waals surface area contributed by atoms with Crippen molar-refractivity contribution < 1.29 is 0 Å². The van der Waals surface area contributed by atoms with Crippen LogP contribution in [0, 0.1) is 12.8 Å². The van der Waals surface area contributed by atoms with Crippen LogP contribution in [0.25, 0.3) is 0 Å². The zero-order chi connectivity index (χ0) is 12.7. The molecule has 0 amide bonds. The Bertz CT molecular complexity index is 549. The predicted octanol–water partition coefficient (Wildman–Crippen LogP) is 4.62. The van der Waals surface area contributed by atoms with E-state index in [4.69, 9.17) is 5.73 Å². The zero-order valence-electron chi connectivity index (χ0n) is 10.3. The Morgan fingerprint density at radius 1 is 1.33 bits per heavy atom. The van der Waals surface area contributed by atoms with E-state index in [1.807, 2.05) is 0 Å². The molecule has 1 aliphatic carbocycles.